The molecule has 0 saturated heterocycles. The highest BCUT2D eigenvalue weighted by Crippen LogP contribution is 2.15. The standard InChI is InChI=1S/C14H12N2O5/c1-9-2-3-15(13(17)4-9)12-6-10(8-16(20)21)5-11(7-12)14(18)19/h2-7H,8H2,1H3,(H,18,19). The Balaban J connectivity index is 2.61. The maximum atomic E-state index is 11.9. The van der Waals surface area contributed by atoms with Gasteiger partial charge in [-0.05, 0) is 36.8 Å². The molecule has 0 atom stereocenters. The van der Waals surface area contributed by atoms with E-state index < -0.39 is 17.4 Å². The fourth-order valence-corrected chi connectivity index (χ4v) is 1.97. The number of nitro groups is 1. The van der Waals surface area contributed by atoms with Gasteiger partial charge in [0.2, 0.25) is 6.54 Å². The first-order valence-corrected chi connectivity index (χ1v) is 6.05. The predicted octanol–water partition coefficient (Wildman–Crippen LogP) is 1.62. The van der Waals surface area contributed by atoms with Crippen molar-refractivity contribution in [3.63, 3.8) is 0 Å². The minimum atomic E-state index is -1.21. The smallest absolute Gasteiger partial charge is 0.335 e. The Morgan fingerprint density at radius 3 is 2.62 bits per heavy atom. The number of aryl methyl sites for hydroxylation is 1. The first kappa shape index (κ1) is 14.4. The summed E-state index contributed by atoms with van der Waals surface area (Å²) in [5.41, 5.74) is 0.858. The second-order valence-electron chi connectivity index (χ2n) is 4.60. The van der Waals surface area contributed by atoms with Crippen molar-refractivity contribution in [2.24, 2.45) is 0 Å². The van der Waals surface area contributed by atoms with Gasteiger partial charge in [-0.2, -0.15) is 0 Å². The first-order chi connectivity index (χ1) is 9.86. The zero-order valence-corrected chi connectivity index (χ0v) is 11.1. The molecule has 0 bridgehead atoms. The third-order valence-corrected chi connectivity index (χ3v) is 2.89. The lowest BCUT2D eigenvalue weighted by molar-refractivity contribution is -0.496. The van der Waals surface area contributed by atoms with E-state index in [1.165, 1.54) is 35.0 Å². The van der Waals surface area contributed by atoms with Crippen LogP contribution in [-0.2, 0) is 6.54 Å². The van der Waals surface area contributed by atoms with Crippen molar-refractivity contribution in [1.29, 1.82) is 0 Å². The van der Waals surface area contributed by atoms with Crippen LogP contribution in [-0.4, -0.2) is 20.6 Å². The van der Waals surface area contributed by atoms with Gasteiger partial charge in [0, 0.05) is 28.4 Å². The number of hydrogen-bond donors (Lipinski definition) is 1. The van der Waals surface area contributed by atoms with Crippen molar-refractivity contribution in [2.75, 3.05) is 0 Å². The average Bonchev–Trinajstić information content (AvgIpc) is 2.37. The molecule has 0 amide bonds. The summed E-state index contributed by atoms with van der Waals surface area (Å²) in [4.78, 5) is 33.1. The number of rotatable bonds is 4. The molecule has 108 valence electrons. The second kappa shape index (κ2) is 5.58. The maximum Gasteiger partial charge on any atom is 0.335 e. The molecular weight excluding hydrogens is 276 g/mol. The Kier molecular flexibility index (Phi) is 3.84. The van der Waals surface area contributed by atoms with E-state index in [1.54, 1.807) is 13.0 Å². The third kappa shape index (κ3) is 3.33. The highest BCUT2D eigenvalue weighted by Gasteiger charge is 2.12. The summed E-state index contributed by atoms with van der Waals surface area (Å²) in [7, 11) is 0. The summed E-state index contributed by atoms with van der Waals surface area (Å²) in [5, 5.41) is 19.7. The topological polar surface area (TPSA) is 102 Å². The van der Waals surface area contributed by atoms with Gasteiger partial charge in [0.15, 0.2) is 0 Å². The number of pyridine rings is 1. The molecule has 2 aromatic rings. The molecule has 2 rings (SSSR count). The predicted molar refractivity (Wildman–Crippen MR) is 74.4 cm³/mol. The lowest BCUT2D eigenvalue weighted by atomic mass is 10.1. The van der Waals surface area contributed by atoms with E-state index in [9.17, 15) is 19.7 Å². The van der Waals surface area contributed by atoms with Crippen molar-refractivity contribution < 1.29 is 14.8 Å². The summed E-state index contributed by atoms with van der Waals surface area (Å²) in [6.45, 7) is 1.26. The first-order valence-electron chi connectivity index (χ1n) is 6.05. The van der Waals surface area contributed by atoms with Crippen LogP contribution in [0, 0.1) is 17.0 Å². The fourth-order valence-electron chi connectivity index (χ4n) is 1.97. The van der Waals surface area contributed by atoms with Crippen molar-refractivity contribution in [1.82, 2.24) is 4.57 Å². The Bertz CT molecular complexity index is 779. The molecule has 0 radical (unpaired) electrons. The van der Waals surface area contributed by atoms with Gasteiger partial charge in [-0.1, -0.05) is 0 Å². The number of benzene rings is 1. The minimum absolute atomic E-state index is 0.100. The van der Waals surface area contributed by atoms with E-state index in [-0.39, 0.29) is 22.4 Å². The van der Waals surface area contributed by atoms with Gasteiger partial charge in [-0.25, -0.2) is 4.79 Å². The molecule has 1 aromatic carbocycles. The molecule has 1 N–H and O–H groups in total. The molecule has 21 heavy (non-hydrogen) atoms. The van der Waals surface area contributed by atoms with Gasteiger partial charge in [0.25, 0.3) is 5.56 Å². The summed E-state index contributed by atoms with van der Waals surface area (Å²) >= 11 is 0. The Morgan fingerprint density at radius 2 is 2.05 bits per heavy atom. The lowest BCUT2D eigenvalue weighted by Crippen LogP contribution is -2.17. The number of hydrogen-bond acceptors (Lipinski definition) is 4. The Morgan fingerprint density at radius 1 is 1.33 bits per heavy atom. The van der Waals surface area contributed by atoms with Crippen LogP contribution in [0.4, 0.5) is 0 Å². The SMILES string of the molecule is Cc1ccn(-c2cc(C[N+](=O)[O-])cc(C(=O)O)c2)c(=O)c1. The largest absolute Gasteiger partial charge is 0.478 e. The molecule has 0 saturated carbocycles. The van der Waals surface area contributed by atoms with Crippen molar-refractivity contribution >= 4 is 5.97 Å². The van der Waals surface area contributed by atoms with Crippen LogP contribution in [0.5, 0.6) is 0 Å². The number of nitrogens with zero attached hydrogens (tertiary/aromatic N) is 2. The molecule has 0 spiro atoms. The van der Waals surface area contributed by atoms with Gasteiger partial charge in [-0.15, -0.1) is 0 Å². The fraction of sp³-hybridized carbons (Fsp3) is 0.143. The van der Waals surface area contributed by atoms with E-state index in [0.29, 0.717) is 0 Å². The third-order valence-electron chi connectivity index (χ3n) is 2.89. The van der Waals surface area contributed by atoms with Gasteiger partial charge >= 0.3 is 5.97 Å². The number of carboxylic acid groups (broad SMARTS) is 1. The molecule has 0 fully saturated rings. The molecule has 7 heteroatoms. The van der Waals surface area contributed by atoms with Crippen LogP contribution in [0.15, 0.2) is 41.3 Å². The van der Waals surface area contributed by atoms with Crippen molar-refractivity contribution in [3.05, 3.63) is 73.7 Å². The molecule has 1 heterocycles. The summed E-state index contributed by atoms with van der Waals surface area (Å²) < 4.78 is 1.25. The number of aromatic nitrogens is 1. The quantitative estimate of drug-likeness (QED) is 0.680. The number of carbonyl (C=O) groups is 1. The van der Waals surface area contributed by atoms with E-state index in [1.807, 2.05) is 0 Å². The molecule has 0 aliphatic carbocycles. The van der Waals surface area contributed by atoms with Crippen LogP contribution < -0.4 is 5.56 Å². The number of aromatic carboxylic acids is 1. The van der Waals surface area contributed by atoms with Gasteiger partial charge in [0.05, 0.1) is 5.56 Å². The van der Waals surface area contributed by atoms with E-state index in [0.717, 1.165) is 5.56 Å². The van der Waals surface area contributed by atoms with Crippen LogP contribution in [0.1, 0.15) is 21.5 Å². The Labute approximate surface area is 119 Å². The maximum absolute atomic E-state index is 11.9. The van der Waals surface area contributed by atoms with Crippen LogP contribution in [0.2, 0.25) is 0 Å². The molecular formula is C14H12N2O5. The molecule has 7 nitrogen and oxygen atoms in total. The van der Waals surface area contributed by atoms with E-state index in [4.69, 9.17) is 5.11 Å². The normalized spacial score (nSPS) is 10.3. The Hall–Kier alpha value is -2.96. The molecule has 1 aromatic heterocycles. The van der Waals surface area contributed by atoms with Crippen LogP contribution >= 0.6 is 0 Å². The zero-order chi connectivity index (χ0) is 15.6. The monoisotopic (exact) mass is 288 g/mol. The summed E-state index contributed by atoms with van der Waals surface area (Å²) in [6.07, 6.45) is 1.51. The van der Waals surface area contributed by atoms with Gasteiger partial charge in [-0.3, -0.25) is 19.5 Å². The van der Waals surface area contributed by atoms with Gasteiger partial charge < -0.3 is 5.11 Å². The minimum Gasteiger partial charge on any atom is -0.478 e. The molecule has 0 aliphatic heterocycles. The van der Waals surface area contributed by atoms with E-state index >= 15 is 0 Å². The molecule has 0 unspecified atom stereocenters. The van der Waals surface area contributed by atoms with E-state index in [2.05, 4.69) is 0 Å². The van der Waals surface area contributed by atoms with Gasteiger partial charge in [0.1, 0.15) is 0 Å². The van der Waals surface area contributed by atoms with Crippen molar-refractivity contribution in [3.8, 4) is 5.69 Å². The average molecular weight is 288 g/mol. The molecule has 0 aliphatic rings. The van der Waals surface area contributed by atoms with Crippen molar-refractivity contribution in [2.45, 2.75) is 13.5 Å². The lowest BCUT2D eigenvalue weighted by Gasteiger charge is -2.08. The van der Waals surface area contributed by atoms with Crippen LogP contribution in [0.3, 0.4) is 0 Å². The summed E-state index contributed by atoms with van der Waals surface area (Å²) in [5.74, 6) is -1.21. The zero-order valence-electron chi connectivity index (χ0n) is 11.1. The van der Waals surface area contributed by atoms with Crippen LogP contribution in [0.25, 0.3) is 5.69 Å². The second-order valence-corrected chi connectivity index (χ2v) is 4.60. The summed E-state index contributed by atoms with van der Waals surface area (Å²) in [6, 6.07) is 7.07. The number of carboxylic acids is 1. The highest BCUT2D eigenvalue weighted by atomic mass is 16.6. The highest BCUT2D eigenvalue weighted by molar-refractivity contribution is 5.88.